The molecule has 0 fully saturated rings. The highest BCUT2D eigenvalue weighted by Gasteiger charge is 2.11. The molecule has 0 aromatic heterocycles. The summed E-state index contributed by atoms with van der Waals surface area (Å²) in [5.41, 5.74) is 2.24. The van der Waals surface area contributed by atoms with Gasteiger partial charge in [0.1, 0.15) is 0 Å². The summed E-state index contributed by atoms with van der Waals surface area (Å²) < 4.78 is 0. The van der Waals surface area contributed by atoms with E-state index in [0.29, 0.717) is 6.42 Å². The van der Waals surface area contributed by atoms with Gasteiger partial charge in [-0.1, -0.05) is 28.9 Å². The molecule has 15 heavy (non-hydrogen) atoms. The van der Waals surface area contributed by atoms with Crippen molar-refractivity contribution in [2.24, 2.45) is 0 Å². The number of alkyl halides is 1. The van der Waals surface area contributed by atoms with Crippen LogP contribution in [0.1, 0.15) is 24.5 Å². The van der Waals surface area contributed by atoms with Crippen LogP contribution >= 0.6 is 15.9 Å². The Bertz CT molecular complexity index is 352. The van der Waals surface area contributed by atoms with Gasteiger partial charge in [-0.3, -0.25) is 10.1 Å². The van der Waals surface area contributed by atoms with E-state index < -0.39 is 0 Å². The van der Waals surface area contributed by atoms with E-state index in [1.807, 2.05) is 19.1 Å². The van der Waals surface area contributed by atoms with Crippen LogP contribution in [-0.2, 0) is 12.8 Å². The first kappa shape index (κ1) is 12.2. The van der Waals surface area contributed by atoms with Crippen molar-refractivity contribution in [3.05, 3.63) is 39.4 Å². The third kappa shape index (κ3) is 3.30. The van der Waals surface area contributed by atoms with Crippen molar-refractivity contribution in [3.63, 3.8) is 0 Å². The number of hydrogen-bond donors (Lipinski definition) is 0. The van der Waals surface area contributed by atoms with E-state index in [9.17, 15) is 10.1 Å². The minimum Gasteiger partial charge on any atom is -0.258 e. The average molecular weight is 272 g/mol. The molecule has 0 N–H and O–H groups in total. The maximum absolute atomic E-state index is 10.7. The molecule has 1 aromatic carbocycles. The molecule has 82 valence electrons. The minimum atomic E-state index is -0.312. The van der Waals surface area contributed by atoms with E-state index in [1.54, 1.807) is 6.07 Å². The van der Waals surface area contributed by atoms with Gasteiger partial charge in [-0.25, -0.2) is 0 Å². The first-order valence-electron chi connectivity index (χ1n) is 5.01. The molecule has 0 aliphatic heterocycles. The van der Waals surface area contributed by atoms with Crippen LogP contribution in [0, 0.1) is 10.1 Å². The number of benzene rings is 1. The molecule has 1 aromatic rings. The molecular weight excluding hydrogens is 258 g/mol. The van der Waals surface area contributed by atoms with E-state index in [2.05, 4.69) is 15.9 Å². The fourth-order valence-corrected chi connectivity index (χ4v) is 1.81. The molecule has 0 bridgehead atoms. The summed E-state index contributed by atoms with van der Waals surface area (Å²) in [7, 11) is 0. The van der Waals surface area contributed by atoms with Gasteiger partial charge >= 0.3 is 0 Å². The topological polar surface area (TPSA) is 43.1 Å². The van der Waals surface area contributed by atoms with Gasteiger partial charge in [0.25, 0.3) is 5.69 Å². The Morgan fingerprint density at radius 1 is 1.47 bits per heavy atom. The van der Waals surface area contributed by atoms with Crippen molar-refractivity contribution < 1.29 is 4.92 Å². The lowest BCUT2D eigenvalue weighted by Crippen LogP contribution is -1.96. The van der Waals surface area contributed by atoms with Crippen LogP contribution in [0.15, 0.2) is 18.2 Å². The second-order valence-electron chi connectivity index (χ2n) is 3.37. The van der Waals surface area contributed by atoms with Crippen LogP contribution < -0.4 is 0 Å². The Morgan fingerprint density at radius 2 is 2.20 bits per heavy atom. The zero-order chi connectivity index (χ0) is 11.3. The van der Waals surface area contributed by atoms with Crippen LogP contribution in [0.2, 0.25) is 0 Å². The maximum atomic E-state index is 10.7. The lowest BCUT2D eigenvalue weighted by molar-refractivity contribution is -0.385. The summed E-state index contributed by atoms with van der Waals surface area (Å²) in [5.74, 6) is 0. The molecule has 0 unspecified atom stereocenters. The van der Waals surface area contributed by atoms with E-state index in [1.165, 1.54) is 5.56 Å². The number of halogens is 1. The Kier molecular flexibility index (Phi) is 4.75. The average Bonchev–Trinajstić information content (AvgIpc) is 2.25. The summed E-state index contributed by atoms with van der Waals surface area (Å²) >= 11 is 3.37. The van der Waals surface area contributed by atoms with Gasteiger partial charge in [0.15, 0.2) is 0 Å². The van der Waals surface area contributed by atoms with Crippen molar-refractivity contribution in [3.8, 4) is 0 Å². The molecule has 0 aliphatic rings. The van der Waals surface area contributed by atoms with Crippen LogP contribution in [-0.4, -0.2) is 10.3 Å². The van der Waals surface area contributed by atoms with Crippen LogP contribution in [0.3, 0.4) is 0 Å². The SMILES string of the molecule is CCc1cc(CCCBr)ccc1[N+](=O)[O-]. The van der Waals surface area contributed by atoms with Gasteiger partial charge in [0.05, 0.1) is 4.92 Å². The van der Waals surface area contributed by atoms with Crippen LogP contribution in [0.5, 0.6) is 0 Å². The van der Waals surface area contributed by atoms with Gasteiger partial charge in [-0.2, -0.15) is 0 Å². The molecule has 3 nitrogen and oxygen atoms in total. The third-order valence-corrected chi connectivity index (χ3v) is 2.88. The maximum Gasteiger partial charge on any atom is 0.272 e. The Balaban J connectivity index is 2.92. The zero-order valence-electron chi connectivity index (χ0n) is 8.70. The lowest BCUT2D eigenvalue weighted by Gasteiger charge is -2.03. The highest BCUT2D eigenvalue weighted by molar-refractivity contribution is 9.09. The van der Waals surface area contributed by atoms with Crippen molar-refractivity contribution in [1.82, 2.24) is 0 Å². The minimum absolute atomic E-state index is 0.236. The number of rotatable bonds is 5. The number of nitro groups is 1. The van der Waals surface area contributed by atoms with E-state index in [-0.39, 0.29) is 10.6 Å². The first-order valence-corrected chi connectivity index (χ1v) is 6.13. The summed E-state index contributed by atoms with van der Waals surface area (Å²) in [6, 6.07) is 5.41. The smallest absolute Gasteiger partial charge is 0.258 e. The number of aryl methyl sites for hydroxylation is 2. The molecule has 0 spiro atoms. The Hall–Kier alpha value is -0.900. The molecule has 0 atom stereocenters. The zero-order valence-corrected chi connectivity index (χ0v) is 10.3. The van der Waals surface area contributed by atoms with Crippen LogP contribution in [0.25, 0.3) is 0 Å². The molecule has 0 amide bonds. The lowest BCUT2D eigenvalue weighted by atomic mass is 10.0. The normalized spacial score (nSPS) is 10.3. The molecule has 0 heterocycles. The Labute approximate surface area is 97.8 Å². The first-order chi connectivity index (χ1) is 7.19. The van der Waals surface area contributed by atoms with Crippen molar-refractivity contribution in [2.75, 3.05) is 5.33 Å². The standard InChI is InChI=1S/C11H14BrNO2/c1-2-10-8-9(4-3-7-12)5-6-11(10)13(14)15/h5-6,8H,2-4,7H2,1H3. The third-order valence-electron chi connectivity index (χ3n) is 2.32. The molecule has 4 heteroatoms. The van der Waals surface area contributed by atoms with Gasteiger partial charge in [-0.15, -0.1) is 0 Å². The highest BCUT2D eigenvalue weighted by atomic mass is 79.9. The molecular formula is C11H14BrNO2. The predicted octanol–water partition coefficient (Wildman–Crippen LogP) is 3.48. The molecule has 0 aliphatic carbocycles. The van der Waals surface area contributed by atoms with Gasteiger partial charge in [0, 0.05) is 17.0 Å². The highest BCUT2D eigenvalue weighted by Crippen LogP contribution is 2.21. The second-order valence-corrected chi connectivity index (χ2v) is 4.16. The summed E-state index contributed by atoms with van der Waals surface area (Å²) in [6.07, 6.45) is 2.73. The van der Waals surface area contributed by atoms with E-state index >= 15 is 0 Å². The monoisotopic (exact) mass is 271 g/mol. The largest absolute Gasteiger partial charge is 0.272 e. The van der Waals surface area contributed by atoms with Crippen molar-refractivity contribution in [1.29, 1.82) is 0 Å². The summed E-state index contributed by atoms with van der Waals surface area (Å²) in [5, 5.41) is 11.7. The summed E-state index contributed by atoms with van der Waals surface area (Å²) in [4.78, 5) is 10.4. The Morgan fingerprint density at radius 3 is 2.73 bits per heavy atom. The van der Waals surface area contributed by atoms with Gasteiger partial charge in [-0.05, 0) is 30.9 Å². The molecule has 0 radical (unpaired) electrons. The fourth-order valence-electron chi connectivity index (χ4n) is 1.53. The van der Waals surface area contributed by atoms with Gasteiger partial charge < -0.3 is 0 Å². The number of nitrogens with zero attached hydrogens (tertiary/aromatic N) is 1. The fraction of sp³-hybridized carbons (Fsp3) is 0.455. The molecule has 0 saturated heterocycles. The van der Waals surface area contributed by atoms with E-state index in [4.69, 9.17) is 0 Å². The number of nitro benzene ring substituents is 1. The number of hydrogen-bond acceptors (Lipinski definition) is 2. The summed E-state index contributed by atoms with van der Waals surface area (Å²) in [6.45, 7) is 1.94. The van der Waals surface area contributed by atoms with E-state index in [0.717, 1.165) is 23.7 Å². The second kappa shape index (κ2) is 5.85. The predicted molar refractivity (Wildman–Crippen MR) is 64.6 cm³/mol. The van der Waals surface area contributed by atoms with Gasteiger partial charge in [0.2, 0.25) is 0 Å². The van der Waals surface area contributed by atoms with Crippen molar-refractivity contribution >= 4 is 21.6 Å². The molecule has 1 rings (SSSR count). The quantitative estimate of drug-likeness (QED) is 0.468. The van der Waals surface area contributed by atoms with Crippen molar-refractivity contribution in [2.45, 2.75) is 26.2 Å². The molecule has 0 saturated carbocycles. The van der Waals surface area contributed by atoms with Crippen LogP contribution in [0.4, 0.5) is 5.69 Å².